The molecule has 1 rings (SSSR count). The van der Waals surface area contributed by atoms with Crippen LogP contribution < -0.4 is 5.73 Å². The van der Waals surface area contributed by atoms with Gasteiger partial charge in [-0.1, -0.05) is 0 Å². The highest BCUT2D eigenvalue weighted by molar-refractivity contribution is 5.85. The van der Waals surface area contributed by atoms with Gasteiger partial charge in [-0.3, -0.25) is 0 Å². The van der Waals surface area contributed by atoms with Crippen molar-refractivity contribution in [2.75, 3.05) is 0 Å². The molecule has 0 spiro atoms. The molecule has 1 aromatic heterocycles. The predicted molar refractivity (Wildman–Crippen MR) is 33.8 cm³/mol. The average Bonchev–Trinajstić information content (AvgIpc) is 2.15. The molecule has 3 heteroatoms. The zero-order valence-electron chi connectivity index (χ0n) is 8.89. The standard InChI is InChI=1S/C5H7NO.ClH/c6-4-5-2-1-3-7-5;/h1-3H,4,6H2;1H/i1D,2D,3D,4D2;. The summed E-state index contributed by atoms with van der Waals surface area (Å²) in [5.41, 5.74) is 4.99. The highest BCUT2D eigenvalue weighted by atomic mass is 35.5. The van der Waals surface area contributed by atoms with Crippen LogP contribution in [0, 0.1) is 0 Å². The Morgan fingerprint density at radius 3 is 3.00 bits per heavy atom. The molecule has 0 radical (unpaired) electrons. The lowest BCUT2D eigenvalue weighted by Crippen LogP contribution is -1.92. The van der Waals surface area contributed by atoms with Crippen LogP contribution in [0.25, 0.3) is 0 Å². The Labute approximate surface area is 61.1 Å². The fraction of sp³-hybridized carbons (Fsp3) is 0.200. The number of rotatable bonds is 1. The van der Waals surface area contributed by atoms with E-state index in [1.54, 1.807) is 0 Å². The van der Waals surface area contributed by atoms with Gasteiger partial charge >= 0.3 is 0 Å². The van der Waals surface area contributed by atoms with Crippen molar-refractivity contribution in [1.29, 1.82) is 0 Å². The van der Waals surface area contributed by atoms with Crippen LogP contribution in [0.2, 0.25) is 0 Å². The molecule has 2 N–H and O–H groups in total. The minimum absolute atomic E-state index is 0. The van der Waals surface area contributed by atoms with E-state index in [9.17, 15) is 0 Å². The maximum Gasteiger partial charge on any atom is 0.117 e. The summed E-state index contributed by atoms with van der Waals surface area (Å²) in [5, 5.41) is 0. The van der Waals surface area contributed by atoms with Crippen LogP contribution in [-0.2, 0) is 6.50 Å². The fourth-order valence-electron chi connectivity index (χ4n) is 0.250. The van der Waals surface area contributed by atoms with Gasteiger partial charge in [0.25, 0.3) is 0 Å². The van der Waals surface area contributed by atoms with E-state index >= 15 is 0 Å². The molecule has 1 heterocycles. The fourth-order valence-corrected chi connectivity index (χ4v) is 0.250. The van der Waals surface area contributed by atoms with Crippen molar-refractivity contribution in [1.82, 2.24) is 0 Å². The molecule has 1 aromatic rings. The molecule has 0 aliphatic carbocycles. The minimum Gasteiger partial charge on any atom is -0.468 e. The van der Waals surface area contributed by atoms with Crippen molar-refractivity contribution >= 4 is 12.4 Å². The molecule has 0 amide bonds. The largest absolute Gasteiger partial charge is 0.468 e. The molecule has 0 atom stereocenters. The molecule has 0 saturated carbocycles. The number of furan rings is 1. The Balaban J connectivity index is 0.00000144. The van der Waals surface area contributed by atoms with Crippen LogP contribution in [0.4, 0.5) is 0 Å². The van der Waals surface area contributed by atoms with Gasteiger partial charge in [-0.2, -0.15) is 0 Å². The third-order valence-electron chi connectivity index (χ3n) is 0.511. The van der Waals surface area contributed by atoms with Gasteiger partial charge in [0.1, 0.15) is 7.13 Å². The second-order valence-electron chi connectivity index (χ2n) is 0.928. The maximum atomic E-state index is 7.15. The van der Waals surface area contributed by atoms with E-state index in [1.807, 2.05) is 0 Å². The molecule has 0 saturated heterocycles. The number of nitrogens with two attached hydrogens (primary N) is 1. The van der Waals surface area contributed by atoms with Gasteiger partial charge < -0.3 is 10.2 Å². The molecule has 0 aromatic carbocycles. The predicted octanol–water partition coefficient (Wildman–Crippen LogP) is 1.16. The van der Waals surface area contributed by atoms with Crippen molar-refractivity contribution in [3.63, 3.8) is 0 Å². The summed E-state index contributed by atoms with van der Waals surface area (Å²) in [4.78, 5) is 0. The lowest BCUT2D eigenvalue weighted by atomic mass is 10.5. The molecular formula is C5H8ClNO. The summed E-state index contributed by atoms with van der Waals surface area (Å²) in [6, 6.07) is -0.910. The van der Waals surface area contributed by atoms with Crippen molar-refractivity contribution in [3.05, 3.63) is 24.1 Å². The Bertz CT molecular complexity index is 307. The van der Waals surface area contributed by atoms with Crippen LogP contribution in [0.3, 0.4) is 0 Å². The second-order valence-corrected chi connectivity index (χ2v) is 0.928. The third-order valence-corrected chi connectivity index (χ3v) is 0.511. The van der Waals surface area contributed by atoms with Crippen LogP contribution >= 0.6 is 12.4 Å². The summed E-state index contributed by atoms with van der Waals surface area (Å²) < 4.78 is 39.6. The first-order valence-electron chi connectivity index (χ1n) is 4.20. The number of hydrogen-bond donors (Lipinski definition) is 1. The monoisotopic (exact) mass is 138 g/mol. The first-order valence-corrected chi connectivity index (χ1v) is 1.70. The van der Waals surface area contributed by atoms with E-state index in [2.05, 4.69) is 4.42 Å². The maximum absolute atomic E-state index is 7.15. The highest BCUT2D eigenvalue weighted by Crippen LogP contribution is 1.95. The molecule has 0 aliphatic heterocycles. The van der Waals surface area contributed by atoms with E-state index < -0.39 is 30.6 Å². The Morgan fingerprint density at radius 2 is 2.75 bits per heavy atom. The zero-order valence-corrected chi connectivity index (χ0v) is 4.71. The first kappa shape index (κ1) is 2.42. The van der Waals surface area contributed by atoms with Crippen LogP contribution in [0.5, 0.6) is 0 Å². The quantitative estimate of drug-likeness (QED) is 0.633. The molecule has 0 fully saturated rings. The normalized spacial score (nSPS) is 18.9. The van der Waals surface area contributed by atoms with Gasteiger partial charge in [-0.15, -0.1) is 12.4 Å². The Morgan fingerprint density at radius 1 is 2.00 bits per heavy atom. The first-order chi connectivity index (χ1) is 5.34. The zero-order chi connectivity index (χ0) is 9.52. The average molecular weight is 139 g/mol. The summed E-state index contributed by atoms with van der Waals surface area (Å²) in [7, 11) is 0. The molecule has 46 valence electrons. The van der Waals surface area contributed by atoms with Gasteiger partial charge in [-0.25, -0.2) is 0 Å². The number of hydrogen-bond acceptors (Lipinski definition) is 2. The van der Waals surface area contributed by atoms with E-state index in [-0.39, 0.29) is 12.4 Å². The molecule has 0 bridgehead atoms. The number of halogens is 1. The second kappa shape index (κ2) is 3.52. The van der Waals surface area contributed by atoms with Crippen molar-refractivity contribution in [2.45, 2.75) is 6.50 Å². The Kier molecular flexibility index (Phi) is 1.06. The molecular weight excluding hydrogens is 126 g/mol. The summed E-state index contributed by atoms with van der Waals surface area (Å²) >= 11 is 0. The molecule has 2 nitrogen and oxygen atoms in total. The van der Waals surface area contributed by atoms with E-state index in [4.69, 9.17) is 12.6 Å². The lowest BCUT2D eigenvalue weighted by molar-refractivity contribution is 0.512. The smallest absolute Gasteiger partial charge is 0.117 e. The molecule has 0 unspecified atom stereocenters. The topological polar surface area (TPSA) is 39.2 Å². The van der Waals surface area contributed by atoms with Crippen molar-refractivity contribution in [3.8, 4) is 0 Å². The van der Waals surface area contributed by atoms with Gasteiger partial charge in [0.05, 0.1) is 18.2 Å². The van der Waals surface area contributed by atoms with Gasteiger partial charge in [0, 0.05) is 0 Å². The lowest BCUT2D eigenvalue weighted by Gasteiger charge is -1.80. The summed E-state index contributed by atoms with van der Waals surface area (Å²) in [5.74, 6) is -0.475. The molecule has 0 aliphatic rings. The van der Waals surface area contributed by atoms with Gasteiger partial charge in [0.15, 0.2) is 0 Å². The minimum atomic E-state index is -2.30. The Hall–Kier alpha value is -0.470. The highest BCUT2D eigenvalue weighted by Gasteiger charge is 1.84. The van der Waals surface area contributed by atoms with E-state index in [1.165, 1.54) is 0 Å². The molecule has 8 heavy (non-hydrogen) atoms. The van der Waals surface area contributed by atoms with Gasteiger partial charge in [-0.05, 0) is 12.1 Å². The van der Waals surface area contributed by atoms with E-state index in [0.717, 1.165) is 0 Å². The third kappa shape index (κ3) is 1.56. The SMILES string of the molecule is Cl.[2H]c1oc(C([2H])([2H])N)c([2H])c1[2H]. The van der Waals surface area contributed by atoms with Crippen LogP contribution in [-0.4, -0.2) is 0 Å². The van der Waals surface area contributed by atoms with Crippen LogP contribution in [0.1, 0.15) is 12.6 Å². The van der Waals surface area contributed by atoms with Crippen molar-refractivity contribution in [2.24, 2.45) is 5.73 Å². The van der Waals surface area contributed by atoms with E-state index in [0.29, 0.717) is 0 Å². The summed E-state index contributed by atoms with van der Waals surface area (Å²) in [6.45, 7) is -2.30. The summed E-state index contributed by atoms with van der Waals surface area (Å²) in [6.07, 6.45) is -0.538. The van der Waals surface area contributed by atoms with Crippen LogP contribution in [0.15, 0.2) is 22.7 Å². The van der Waals surface area contributed by atoms with Crippen molar-refractivity contribution < 1.29 is 11.3 Å². The van der Waals surface area contributed by atoms with Gasteiger partial charge in [0.2, 0.25) is 0 Å².